The fourth-order valence-electron chi connectivity index (χ4n) is 8.95. The number of aliphatic hydroxyl groups is 1. The summed E-state index contributed by atoms with van der Waals surface area (Å²) in [5.41, 5.74) is 1.35. The van der Waals surface area contributed by atoms with Crippen LogP contribution in [0, 0.1) is 40.9 Å². The molecule has 0 aliphatic heterocycles. The van der Waals surface area contributed by atoms with Gasteiger partial charge in [0.15, 0.2) is 5.58 Å². The highest BCUT2D eigenvalue weighted by Crippen LogP contribution is 2.63. The summed E-state index contributed by atoms with van der Waals surface area (Å²) in [7, 11) is 0. The monoisotopic (exact) mass is 481 g/mol. The number of nitrogens with zero attached hydrogens (tertiary/aromatic N) is 1. The molecule has 1 heterocycles. The lowest BCUT2D eigenvalue weighted by atomic mass is 9.44. The van der Waals surface area contributed by atoms with E-state index in [1.54, 1.807) is 0 Å². The minimum atomic E-state index is -0.452. The molecule has 4 fully saturated rings. The molecular weight excluding hydrogens is 442 g/mol. The highest BCUT2D eigenvalue weighted by atomic mass is 32.2. The van der Waals surface area contributed by atoms with Crippen LogP contribution in [0.2, 0.25) is 0 Å². The van der Waals surface area contributed by atoms with Gasteiger partial charge in [-0.2, -0.15) is 0 Å². The van der Waals surface area contributed by atoms with Crippen molar-refractivity contribution >= 4 is 28.6 Å². The van der Waals surface area contributed by atoms with E-state index in [2.05, 4.69) is 11.9 Å². The summed E-state index contributed by atoms with van der Waals surface area (Å²) >= 11 is 1.47. The van der Waals surface area contributed by atoms with E-state index in [1.165, 1.54) is 56.7 Å². The molecule has 6 rings (SSSR count). The average Bonchev–Trinajstić information content (AvgIpc) is 3.24. The van der Waals surface area contributed by atoms with Crippen LogP contribution >= 0.6 is 11.8 Å². The average molecular weight is 482 g/mol. The van der Waals surface area contributed by atoms with Gasteiger partial charge in [0.1, 0.15) is 11.3 Å². The molecule has 1 N–H and O–H groups in total. The highest BCUT2D eigenvalue weighted by Gasteiger charge is 2.57. The van der Waals surface area contributed by atoms with E-state index in [1.807, 2.05) is 31.2 Å². The van der Waals surface area contributed by atoms with Gasteiger partial charge in [0, 0.05) is 5.92 Å². The van der Waals surface area contributed by atoms with Crippen LogP contribution in [0.5, 0.6) is 0 Å². The quantitative estimate of drug-likeness (QED) is 0.481. The smallest absolute Gasteiger partial charge is 0.257 e. The molecule has 0 amide bonds. The number of thioether (sulfide) groups is 1. The molecule has 4 aliphatic rings. The second kappa shape index (κ2) is 8.65. The fraction of sp³-hybridized carbons (Fsp3) is 0.724. The molecule has 4 nitrogen and oxygen atoms in total. The Kier molecular flexibility index (Phi) is 5.88. The summed E-state index contributed by atoms with van der Waals surface area (Å²) in [6, 6.07) is 7.81. The third-order valence-corrected chi connectivity index (χ3v) is 11.3. The molecule has 0 spiro atoms. The Hall–Kier alpha value is -1.33. The zero-order valence-electron chi connectivity index (χ0n) is 20.7. The molecule has 184 valence electrons. The number of hydrogen-bond acceptors (Lipinski definition) is 5. The number of rotatable bonds is 4. The van der Waals surface area contributed by atoms with Crippen LogP contribution in [-0.2, 0) is 4.79 Å². The maximum Gasteiger partial charge on any atom is 0.257 e. The zero-order valence-corrected chi connectivity index (χ0v) is 21.5. The van der Waals surface area contributed by atoms with Crippen molar-refractivity contribution < 1.29 is 14.3 Å². The van der Waals surface area contributed by atoms with Crippen molar-refractivity contribution in [3.63, 3.8) is 0 Å². The van der Waals surface area contributed by atoms with Crippen molar-refractivity contribution in [2.75, 3.05) is 5.75 Å². The second-order valence-corrected chi connectivity index (χ2v) is 13.3. The van der Waals surface area contributed by atoms with Crippen LogP contribution in [0.1, 0.15) is 78.1 Å². The maximum absolute atomic E-state index is 13.6. The van der Waals surface area contributed by atoms with Crippen LogP contribution in [-0.4, -0.2) is 27.2 Å². The summed E-state index contributed by atoms with van der Waals surface area (Å²) in [5.74, 6) is 4.84. The van der Waals surface area contributed by atoms with E-state index in [0.717, 1.165) is 48.1 Å². The second-order valence-electron chi connectivity index (χ2n) is 12.4. The van der Waals surface area contributed by atoms with E-state index in [9.17, 15) is 9.90 Å². The summed E-state index contributed by atoms with van der Waals surface area (Å²) in [6.07, 6.45) is 11.8. The molecular formula is C29H39NO3S. The van der Waals surface area contributed by atoms with Gasteiger partial charge < -0.3 is 9.52 Å². The van der Waals surface area contributed by atoms with Crippen LogP contribution in [0.4, 0.5) is 0 Å². The molecule has 1 aromatic carbocycles. The van der Waals surface area contributed by atoms with E-state index >= 15 is 0 Å². The van der Waals surface area contributed by atoms with Gasteiger partial charge in [0.05, 0.1) is 11.4 Å². The first-order chi connectivity index (χ1) is 16.3. The number of oxazole rings is 1. The molecule has 1 aromatic heterocycles. The summed E-state index contributed by atoms with van der Waals surface area (Å²) in [5, 5.41) is 11.3. The molecule has 2 aromatic rings. The first kappa shape index (κ1) is 23.1. The predicted octanol–water partition coefficient (Wildman–Crippen LogP) is 6.90. The lowest BCUT2D eigenvalue weighted by molar-refractivity contribution is -0.146. The van der Waals surface area contributed by atoms with Crippen LogP contribution < -0.4 is 0 Å². The Morgan fingerprint density at radius 1 is 1.06 bits per heavy atom. The normalized spacial score (nSPS) is 42.0. The number of Topliss-reactive ketones (excluding diaryl/α,β-unsaturated/α-hetero) is 1. The van der Waals surface area contributed by atoms with Crippen molar-refractivity contribution in [2.45, 2.75) is 88.9 Å². The van der Waals surface area contributed by atoms with E-state index in [0.29, 0.717) is 28.6 Å². The van der Waals surface area contributed by atoms with Crippen molar-refractivity contribution in [1.29, 1.82) is 0 Å². The molecule has 0 bridgehead atoms. The van der Waals surface area contributed by atoms with Crippen molar-refractivity contribution in [3.05, 3.63) is 24.3 Å². The predicted molar refractivity (Wildman–Crippen MR) is 136 cm³/mol. The Morgan fingerprint density at radius 3 is 2.74 bits per heavy atom. The number of benzene rings is 1. The van der Waals surface area contributed by atoms with Gasteiger partial charge in [0.2, 0.25) is 0 Å². The maximum atomic E-state index is 13.6. The third-order valence-electron chi connectivity index (χ3n) is 10.5. The number of fused-ring (bicyclic) bond motifs is 6. The molecule has 8 atom stereocenters. The van der Waals surface area contributed by atoms with Crippen LogP contribution in [0.25, 0.3) is 11.1 Å². The van der Waals surface area contributed by atoms with Gasteiger partial charge in [-0.15, -0.1) is 0 Å². The number of ketones is 1. The van der Waals surface area contributed by atoms with Gasteiger partial charge in [-0.3, -0.25) is 4.79 Å². The van der Waals surface area contributed by atoms with Gasteiger partial charge in [0.25, 0.3) is 5.22 Å². The largest absolute Gasteiger partial charge is 0.431 e. The lowest BCUT2D eigenvalue weighted by Crippen LogP contribution is -2.55. The lowest BCUT2D eigenvalue weighted by Gasteiger charge is -2.60. The van der Waals surface area contributed by atoms with E-state index in [4.69, 9.17) is 4.42 Å². The Balaban J connectivity index is 1.15. The third kappa shape index (κ3) is 3.95. The van der Waals surface area contributed by atoms with E-state index < -0.39 is 5.60 Å². The zero-order chi connectivity index (χ0) is 23.5. The van der Waals surface area contributed by atoms with Gasteiger partial charge >= 0.3 is 0 Å². The molecule has 4 aliphatic carbocycles. The van der Waals surface area contributed by atoms with Crippen molar-refractivity contribution in [3.8, 4) is 0 Å². The molecule has 34 heavy (non-hydrogen) atoms. The first-order valence-electron chi connectivity index (χ1n) is 13.6. The topological polar surface area (TPSA) is 63.3 Å². The van der Waals surface area contributed by atoms with Crippen LogP contribution in [0.3, 0.4) is 0 Å². The van der Waals surface area contributed by atoms with Gasteiger partial charge in [-0.05, 0) is 112 Å². The molecule has 0 saturated heterocycles. The van der Waals surface area contributed by atoms with E-state index in [-0.39, 0.29) is 11.3 Å². The van der Waals surface area contributed by atoms with Gasteiger partial charge in [-0.1, -0.05) is 37.2 Å². The number of para-hydroxylation sites is 2. The minimum Gasteiger partial charge on any atom is -0.431 e. The van der Waals surface area contributed by atoms with Crippen molar-refractivity contribution in [2.24, 2.45) is 40.9 Å². The summed E-state index contributed by atoms with van der Waals surface area (Å²) < 4.78 is 5.85. The van der Waals surface area contributed by atoms with Crippen molar-refractivity contribution in [1.82, 2.24) is 4.98 Å². The summed E-state index contributed by atoms with van der Waals surface area (Å²) in [4.78, 5) is 18.1. The molecule has 5 heteroatoms. The first-order valence-corrected chi connectivity index (χ1v) is 14.6. The molecule has 0 unspecified atom stereocenters. The standard InChI is InChI=1S/C29H39NO3S/c1-28(32)14-12-19-18(16-28)10-11-21-20(19)13-15-29(2)22(21)6-5-7-23(29)25(31)17-34-27-30-24-8-3-4-9-26(24)33-27/h3-4,8-9,18-23,32H,5-7,10-17H2,1-2H3/t18-,19+,20-,21-,22+,23-,28-,29+/m1/s1. The molecule has 0 radical (unpaired) electrons. The fourth-order valence-corrected chi connectivity index (χ4v) is 9.73. The SMILES string of the molecule is C[C@@]1(O)CC[C@H]2[C@H](CC[C@@H]3[C@@H]2CC[C@]2(C)[C@@H](C(=O)CSc4nc5ccccc5o4)CCC[C@@H]32)C1. The Labute approximate surface area is 207 Å². The summed E-state index contributed by atoms with van der Waals surface area (Å²) in [6.45, 7) is 4.50. The van der Waals surface area contributed by atoms with Crippen LogP contribution in [0.15, 0.2) is 33.9 Å². The number of carbonyl (C=O) groups is 1. The number of hydrogen-bond donors (Lipinski definition) is 1. The number of aromatic nitrogens is 1. The number of carbonyl (C=O) groups excluding carboxylic acids is 1. The minimum absolute atomic E-state index is 0.144. The highest BCUT2D eigenvalue weighted by molar-refractivity contribution is 7.99. The Morgan fingerprint density at radius 2 is 1.88 bits per heavy atom. The van der Waals surface area contributed by atoms with Gasteiger partial charge in [-0.25, -0.2) is 4.98 Å². The Bertz CT molecular complexity index is 1030. The molecule has 4 saturated carbocycles.